The van der Waals surface area contributed by atoms with Gasteiger partial charge in [0.15, 0.2) is 5.96 Å². The van der Waals surface area contributed by atoms with Gasteiger partial charge >= 0.3 is 0 Å². The maximum Gasteiger partial charge on any atom is 0.191 e. The van der Waals surface area contributed by atoms with Crippen molar-refractivity contribution in [2.24, 2.45) is 4.99 Å². The molecule has 0 radical (unpaired) electrons. The summed E-state index contributed by atoms with van der Waals surface area (Å²) in [6, 6.07) is 11.0. The second-order valence-electron chi connectivity index (χ2n) is 6.54. The summed E-state index contributed by atoms with van der Waals surface area (Å²) in [5, 5.41) is 10.7. The van der Waals surface area contributed by atoms with Gasteiger partial charge in [0.2, 0.25) is 0 Å². The lowest BCUT2D eigenvalue weighted by atomic mass is 10.0. The lowest BCUT2D eigenvalue weighted by molar-refractivity contribution is 0.198. The number of nitrogens with zero attached hydrogens (tertiary/aromatic N) is 3. The van der Waals surface area contributed by atoms with Gasteiger partial charge in [-0.3, -0.25) is 9.89 Å². The van der Waals surface area contributed by atoms with Gasteiger partial charge in [0, 0.05) is 38.8 Å². The summed E-state index contributed by atoms with van der Waals surface area (Å²) in [7, 11) is 1.80. The number of guanidine groups is 1. The van der Waals surface area contributed by atoms with Gasteiger partial charge in [-0.15, -0.1) is 0 Å². The van der Waals surface area contributed by atoms with Crippen molar-refractivity contribution >= 4 is 5.96 Å². The third-order valence-corrected chi connectivity index (χ3v) is 4.74. The molecule has 2 N–H and O–H groups in total. The van der Waals surface area contributed by atoms with E-state index in [0.29, 0.717) is 12.6 Å². The van der Waals surface area contributed by atoms with Crippen LogP contribution in [0.3, 0.4) is 0 Å². The minimum Gasteiger partial charge on any atom is -0.364 e. The maximum atomic E-state index is 4.84. The van der Waals surface area contributed by atoms with Crippen LogP contribution < -0.4 is 10.6 Å². The third-order valence-electron chi connectivity index (χ3n) is 4.74. The normalized spacial score (nSPS) is 16.8. The molecule has 134 valence electrons. The Morgan fingerprint density at radius 1 is 1.28 bits per heavy atom. The predicted molar refractivity (Wildman–Crippen MR) is 99.3 cm³/mol. The Balaban J connectivity index is 1.43. The summed E-state index contributed by atoms with van der Waals surface area (Å²) in [6.45, 7) is 6.05. The molecular weight excluding hydrogens is 314 g/mol. The first-order chi connectivity index (χ1) is 12.2. The van der Waals surface area contributed by atoms with E-state index in [1.807, 2.05) is 6.07 Å². The van der Waals surface area contributed by atoms with E-state index >= 15 is 0 Å². The standard InChI is InChI=1S/C19H27N5O/c1-15-5-3-4-6-16(15)14-24-10-7-17(8-11-24)22-19(20-2)21-13-18-9-12-25-23-18/h3-6,9,12,17H,7-8,10-11,13-14H2,1-2H3,(H2,20,21,22). The van der Waals surface area contributed by atoms with Gasteiger partial charge in [-0.25, -0.2) is 0 Å². The molecule has 0 atom stereocenters. The van der Waals surface area contributed by atoms with Crippen LogP contribution in [-0.2, 0) is 13.1 Å². The van der Waals surface area contributed by atoms with Gasteiger partial charge in [-0.1, -0.05) is 29.4 Å². The van der Waals surface area contributed by atoms with Crippen molar-refractivity contribution in [1.82, 2.24) is 20.7 Å². The van der Waals surface area contributed by atoms with E-state index in [1.54, 1.807) is 13.3 Å². The highest BCUT2D eigenvalue weighted by Gasteiger charge is 2.20. The molecule has 2 heterocycles. The van der Waals surface area contributed by atoms with Crippen molar-refractivity contribution in [2.75, 3.05) is 20.1 Å². The number of aromatic nitrogens is 1. The fourth-order valence-corrected chi connectivity index (χ4v) is 3.15. The predicted octanol–water partition coefficient (Wildman–Crippen LogP) is 2.31. The van der Waals surface area contributed by atoms with Gasteiger partial charge in [-0.05, 0) is 30.9 Å². The monoisotopic (exact) mass is 341 g/mol. The Morgan fingerprint density at radius 3 is 2.76 bits per heavy atom. The Morgan fingerprint density at radius 2 is 2.08 bits per heavy atom. The van der Waals surface area contributed by atoms with Gasteiger partial charge in [-0.2, -0.15) is 0 Å². The first kappa shape index (κ1) is 17.5. The quantitative estimate of drug-likeness (QED) is 0.645. The Hall–Kier alpha value is -2.34. The fourth-order valence-electron chi connectivity index (χ4n) is 3.15. The largest absolute Gasteiger partial charge is 0.364 e. The van der Waals surface area contributed by atoms with Crippen LogP contribution in [-0.4, -0.2) is 42.2 Å². The van der Waals surface area contributed by atoms with Crippen LogP contribution in [0.4, 0.5) is 0 Å². The van der Waals surface area contributed by atoms with E-state index in [4.69, 9.17) is 4.52 Å². The van der Waals surface area contributed by atoms with Crippen LogP contribution in [0.15, 0.2) is 46.1 Å². The molecule has 6 heteroatoms. The summed E-state index contributed by atoms with van der Waals surface area (Å²) in [5.74, 6) is 0.820. The van der Waals surface area contributed by atoms with Crippen LogP contribution in [0.1, 0.15) is 29.7 Å². The van der Waals surface area contributed by atoms with Crippen LogP contribution in [0.5, 0.6) is 0 Å². The molecule has 3 rings (SSSR count). The molecule has 1 aliphatic heterocycles. The van der Waals surface area contributed by atoms with E-state index in [2.05, 4.69) is 56.9 Å². The molecule has 1 aromatic heterocycles. The van der Waals surface area contributed by atoms with E-state index < -0.39 is 0 Å². The minimum absolute atomic E-state index is 0.455. The first-order valence-electron chi connectivity index (χ1n) is 8.88. The van der Waals surface area contributed by atoms with Crippen molar-refractivity contribution in [1.29, 1.82) is 0 Å². The molecule has 0 bridgehead atoms. The molecule has 25 heavy (non-hydrogen) atoms. The van der Waals surface area contributed by atoms with Crippen molar-refractivity contribution in [3.05, 3.63) is 53.4 Å². The summed E-state index contributed by atoms with van der Waals surface area (Å²) in [6.07, 6.45) is 3.82. The zero-order chi connectivity index (χ0) is 17.5. The Bertz CT molecular complexity index is 675. The highest BCUT2D eigenvalue weighted by molar-refractivity contribution is 5.79. The third kappa shape index (κ3) is 5.06. The van der Waals surface area contributed by atoms with E-state index in [0.717, 1.165) is 44.1 Å². The number of benzene rings is 1. The van der Waals surface area contributed by atoms with E-state index in [1.165, 1.54) is 11.1 Å². The van der Waals surface area contributed by atoms with Crippen LogP contribution >= 0.6 is 0 Å². The van der Waals surface area contributed by atoms with Gasteiger partial charge < -0.3 is 15.2 Å². The van der Waals surface area contributed by atoms with Crippen molar-refractivity contribution < 1.29 is 4.52 Å². The van der Waals surface area contributed by atoms with Gasteiger partial charge in [0.05, 0.1) is 6.54 Å². The Kier molecular flexibility index (Phi) is 6.06. The average Bonchev–Trinajstić information content (AvgIpc) is 3.15. The summed E-state index contributed by atoms with van der Waals surface area (Å²) in [5.41, 5.74) is 3.68. The van der Waals surface area contributed by atoms with E-state index in [-0.39, 0.29) is 0 Å². The molecule has 0 unspecified atom stereocenters. The molecule has 2 aromatic rings. The zero-order valence-electron chi connectivity index (χ0n) is 15.0. The second-order valence-corrected chi connectivity index (χ2v) is 6.54. The molecule has 6 nitrogen and oxygen atoms in total. The number of hydrogen-bond donors (Lipinski definition) is 2. The average molecular weight is 341 g/mol. The summed E-state index contributed by atoms with van der Waals surface area (Å²) in [4.78, 5) is 6.84. The highest BCUT2D eigenvalue weighted by atomic mass is 16.5. The number of piperidine rings is 1. The van der Waals surface area contributed by atoms with Crippen LogP contribution in [0.2, 0.25) is 0 Å². The molecular formula is C19H27N5O. The SMILES string of the molecule is CN=C(NCc1ccon1)NC1CCN(Cc2ccccc2C)CC1. The van der Waals surface area contributed by atoms with Crippen molar-refractivity contribution in [3.8, 4) is 0 Å². The molecule has 0 spiro atoms. The van der Waals surface area contributed by atoms with Crippen LogP contribution in [0.25, 0.3) is 0 Å². The summed E-state index contributed by atoms with van der Waals surface area (Å²) < 4.78 is 4.84. The molecule has 0 aliphatic carbocycles. The van der Waals surface area contributed by atoms with E-state index in [9.17, 15) is 0 Å². The highest BCUT2D eigenvalue weighted by Crippen LogP contribution is 2.16. The minimum atomic E-state index is 0.455. The number of likely N-dealkylation sites (tertiary alicyclic amines) is 1. The first-order valence-corrected chi connectivity index (χ1v) is 8.88. The van der Waals surface area contributed by atoms with Crippen molar-refractivity contribution in [3.63, 3.8) is 0 Å². The smallest absolute Gasteiger partial charge is 0.191 e. The Labute approximate surface area is 149 Å². The fraction of sp³-hybridized carbons (Fsp3) is 0.474. The van der Waals surface area contributed by atoms with Crippen LogP contribution in [0, 0.1) is 6.92 Å². The van der Waals surface area contributed by atoms with Gasteiger partial charge in [0.25, 0.3) is 0 Å². The number of rotatable bonds is 5. The lowest BCUT2D eigenvalue weighted by Crippen LogP contribution is -2.48. The van der Waals surface area contributed by atoms with Gasteiger partial charge in [0.1, 0.15) is 12.0 Å². The molecule has 1 aromatic carbocycles. The van der Waals surface area contributed by atoms with Crippen molar-refractivity contribution in [2.45, 2.75) is 38.9 Å². The molecule has 1 aliphatic rings. The maximum absolute atomic E-state index is 4.84. The summed E-state index contributed by atoms with van der Waals surface area (Å²) >= 11 is 0. The molecule has 1 fully saturated rings. The number of aryl methyl sites for hydroxylation is 1. The molecule has 1 saturated heterocycles. The topological polar surface area (TPSA) is 65.7 Å². The number of hydrogen-bond acceptors (Lipinski definition) is 4. The molecule has 0 saturated carbocycles. The lowest BCUT2D eigenvalue weighted by Gasteiger charge is -2.33. The molecule has 0 amide bonds. The number of aliphatic imine (C=N–C) groups is 1. The zero-order valence-corrected chi connectivity index (χ0v) is 15.0. The number of nitrogens with one attached hydrogen (secondary N) is 2. The second kappa shape index (κ2) is 8.67.